The number of aromatic nitrogens is 2. The third-order valence-electron chi connectivity index (χ3n) is 7.83. The summed E-state index contributed by atoms with van der Waals surface area (Å²) in [5.74, 6) is -0.417. The third kappa shape index (κ3) is 3.88. The van der Waals surface area contributed by atoms with E-state index >= 15 is 0 Å². The summed E-state index contributed by atoms with van der Waals surface area (Å²) in [6, 6.07) is 8.44. The predicted molar refractivity (Wildman–Crippen MR) is 126 cm³/mol. The summed E-state index contributed by atoms with van der Waals surface area (Å²) in [6.45, 7) is 0.678. The number of hydrogen-bond acceptors (Lipinski definition) is 4. The second-order valence-corrected chi connectivity index (χ2v) is 10.3. The second-order valence-electron chi connectivity index (χ2n) is 9.88. The third-order valence-corrected chi connectivity index (χ3v) is 8.14. The zero-order valence-electron chi connectivity index (χ0n) is 18.7. The van der Waals surface area contributed by atoms with E-state index in [0.29, 0.717) is 41.0 Å². The maximum Gasteiger partial charge on any atom is 0.246 e. The van der Waals surface area contributed by atoms with Crippen molar-refractivity contribution < 1.29 is 13.6 Å². The molecule has 2 heterocycles. The first-order valence-electron chi connectivity index (χ1n) is 11.8. The minimum atomic E-state index is -0.659. The lowest BCUT2D eigenvalue weighted by Gasteiger charge is -2.51. The molecule has 1 aromatic heterocycles. The molecule has 1 amide bonds. The molecule has 2 unspecified atom stereocenters. The molecule has 6 nitrogen and oxygen atoms in total. The summed E-state index contributed by atoms with van der Waals surface area (Å²) in [5.41, 5.74) is 1.58. The Bertz CT molecular complexity index is 1390. The highest BCUT2D eigenvalue weighted by Crippen LogP contribution is 2.53. The van der Waals surface area contributed by atoms with Gasteiger partial charge in [-0.15, -0.1) is 0 Å². The van der Waals surface area contributed by atoms with Crippen LogP contribution >= 0.6 is 11.6 Å². The van der Waals surface area contributed by atoms with Crippen molar-refractivity contribution in [1.29, 1.82) is 5.26 Å². The first-order chi connectivity index (χ1) is 16.9. The topological polar surface area (TPSA) is 74.3 Å². The number of nitrogens with zero attached hydrogens (tertiary/aromatic N) is 5. The molecule has 0 spiro atoms. The molecule has 9 heteroatoms. The van der Waals surface area contributed by atoms with E-state index in [0.717, 1.165) is 36.2 Å². The van der Waals surface area contributed by atoms with Crippen molar-refractivity contribution in [2.45, 2.75) is 38.3 Å². The molecule has 0 N–H and O–H groups in total. The molecule has 178 valence electrons. The highest BCUT2D eigenvalue weighted by atomic mass is 35.5. The fraction of sp³-hybridized carbons (Fsp3) is 0.385. The molecule has 1 aliphatic heterocycles. The Hall–Kier alpha value is -3.31. The first kappa shape index (κ1) is 22.2. The van der Waals surface area contributed by atoms with Crippen LogP contribution in [0.15, 0.2) is 41.6 Å². The number of carbonyl (C=O) groups is 1. The van der Waals surface area contributed by atoms with E-state index < -0.39 is 17.7 Å². The summed E-state index contributed by atoms with van der Waals surface area (Å²) in [7, 11) is 0. The minimum absolute atomic E-state index is 0.0716. The van der Waals surface area contributed by atoms with Gasteiger partial charge in [0.1, 0.15) is 17.7 Å². The quantitative estimate of drug-likeness (QED) is 0.484. The zero-order chi connectivity index (χ0) is 24.3. The van der Waals surface area contributed by atoms with Crippen molar-refractivity contribution >= 4 is 34.6 Å². The number of benzene rings is 2. The fourth-order valence-corrected chi connectivity index (χ4v) is 6.22. The SMILES string of the molecule is N#Cc1cc2cn(CC3C[C@H](C(=O)N4N=CCC4c4cc(F)cc(F)c4)C4CC3C4)nc2cc1Cl. The first-order valence-corrected chi connectivity index (χ1v) is 12.2. The van der Waals surface area contributed by atoms with Crippen molar-refractivity contribution in [2.75, 3.05) is 0 Å². The molecule has 3 aromatic rings. The van der Waals surface area contributed by atoms with Crippen LogP contribution in [0.2, 0.25) is 5.02 Å². The number of nitriles is 1. The average Bonchev–Trinajstić information content (AvgIpc) is 3.43. The van der Waals surface area contributed by atoms with Crippen molar-refractivity contribution in [3.8, 4) is 6.07 Å². The van der Waals surface area contributed by atoms with Gasteiger partial charge >= 0.3 is 0 Å². The van der Waals surface area contributed by atoms with Gasteiger partial charge in [-0.25, -0.2) is 13.8 Å². The van der Waals surface area contributed by atoms with Crippen LogP contribution in [0.1, 0.15) is 42.9 Å². The Morgan fingerprint density at radius 3 is 2.63 bits per heavy atom. The molecule has 7 rings (SSSR count). The van der Waals surface area contributed by atoms with Crippen LogP contribution in [-0.2, 0) is 11.3 Å². The smallest absolute Gasteiger partial charge is 0.246 e. The van der Waals surface area contributed by atoms with Gasteiger partial charge in [0.2, 0.25) is 5.91 Å². The van der Waals surface area contributed by atoms with Crippen LogP contribution < -0.4 is 0 Å². The number of halogens is 3. The van der Waals surface area contributed by atoms with E-state index in [1.54, 1.807) is 18.3 Å². The number of hydrazone groups is 1. The minimum Gasteiger partial charge on any atom is -0.273 e. The lowest BCUT2D eigenvalue weighted by Crippen LogP contribution is -2.49. The summed E-state index contributed by atoms with van der Waals surface area (Å²) >= 11 is 6.16. The van der Waals surface area contributed by atoms with Gasteiger partial charge in [-0.2, -0.15) is 15.5 Å². The number of hydrogen-bond donors (Lipinski definition) is 0. The molecule has 3 atom stereocenters. The number of rotatable bonds is 4. The normalized spacial score (nSPS) is 27.1. The summed E-state index contributed by atoms with van der Waals surface area (Å²) < 4.78 is 29.5. The lowest BCUT2D eigenvalue weighted by atomic mass is 9.55. The van der Waals surface area contributed by atoms with Crippen LogP contribution in [0.3, 0.4) is 0 Å². The van der Waals surface area contributed by atoms with E-state index in [1.807, 2.05) is 10.9 Å². The molecule has 2 aromatic carbocycles. The standard InChI is InChI=1S/C26H22ClF2N5O/c27-23-10-24-19(5-17(23)11-30)13-33(32-24)12-18-8-22(15-3-14(18)4-15)26(35)34-25(1-2-31-34)16-6-20(28)9-21(29)7-16/h2,5-7,9-10,13-15,18,22,25H,1,3-4,8,12H2/t14?,15?,18?,22-,25?/m0/s1. The van der Waals surface area contributed by atoms with Crippen molar-refractivity contribution in [3.63, 3.8) is 0 Å². The Balaban J connectivity index is 1.20. The molecular formula is C26H22ClF2N5O. The van der Waals surface area contributed by atoms with E-state index in [9.17, 15) is 18.8 Å². The van der Waals surface area contributed by atoms with Gasteiger partial charge in [-0.3, -0.25) is 9.48 Å². The molecule has 3 saturated carbocycles. The van der Waals surface area contributed by atoms with Gasteiger partial charge in [0.05, 0.1) is 22.1 Å². The van der Waals surface area contributed by atoms with Crippen LogP contribution in [-0.4, -0.2) is 26.9 Å². The zero-order valence-corrected chi connectivity index (χ0v) is 19.5. The van der Waals surface area contributed by atoms with Crippen LogP contribution in [0, 0.1) is 46.6 Å². The van der Waals surface area contributed by atoms with Crippen molar-refractivity contribution in [2.24, 2.45) is 28.8 Å². The largest absolute Gasteiger partial charge is 0.273 e. The molecule has 0 saturated heterocycles. The Morgan fingerprint density at radius 1 is 1.11 bits per heavy atom. The Kier molecular flexibility index (Phi) is 5.33. The van der Waals surface area contributed by atoms with Gasteiger partial charge < -0.3 is 0 Å². The summed E-state index contributed by atoms with van der Waals surface area (Å²) in [5, 5.41) is 20.8. The molecule has 2 bridgehead atoms. The maximum atomic E-state index is 13.8. The summed E-state index contributed by atoms with van der Waals surface area (Å²) in [6.07, 6.45) is 6.71. The molecule has 3 aliphatic carbocycles. The Morgan fingerprint density at radius 2 is 1.89 bits per heavy atom. The van der Waals surface area contributed by atoms with E-state index in [-0.39, 0.29) is 17.7 Å². The number of fused-ring (bicyclic) bond motifs is 3. The maximum absolute atomic E-state index is 13.8. The van der Waals surface area contributed by atoms with E-state index in [2.05, 4.69) is 16.3 Å². The predicted octanol–water partition coefficient (Wildman–Crippen LogP) is 5.46. The molecule has 0 radical (unpaired) electrons. The highest BCUT2D eigenvalue weighted by Gasteiger charge is 2.50. The van der Waals surface area contributed by atoms with Gasteiger partial charge in [0.25, 0.3) is 0 Å². The Labute approximate surface area is 205 Å². The highest BCUT2D eigenvalue weighted by molar-refractivity contribution is 6.32. The molecule has 4 aliphatic rings. The van der Waals surface area contributed by atoms with E-state index in [4.69, 9.17) is 11.6 Å². The van der Waals surface area contributed by atoms with Crippen LogP contribution in [0.5, 0.6) is 0 Å². The molecular weight excluding hydrogens is 472 g/mol. The van der Waals surface area contributed by atoms with Crippen LogP contribution in [0.4, 0.5) is 8.78 Å². The van der Waals surface area contributed by atoms with Gasteiger partial charge in [0, 0.05) is 42.7 Å². The average molecular weight is 494 g/mol. The number of amides is 1. The van der Waals surface area contributed by atoms with Crippen molar-refractivity contribution in [1.82, 2.24) is 14.8 Å². The van der Waals surface area contributed by atoms with Gasteiger partial charge in [-0.1, -0.05) is 11.6 Å². The van der Waals surface area contributed by atoms with Crippen molar-refractivity contribution in [3.05, 3.63) is 64.3 Å². The monoisotopic (exact) mass is 493 g/mol. The fourth-order valence-electron chi connectivity index (χ4n) is 6.02. The van der Waals surface area contributed by atoms with Gasteiger partial charge in [0.15, 0.2) is 0 Å². The van der Waals surface area contributed by atoms with Gasteiger partial charge in [-0.05, 0) is 66.8 Å². The molecule has 3 fully saturated rings. The second kappa shape index (κ2) is 8.42. The van der Waals surface area contributed by atoms with Crippen LogP contribution in [0.25, 0.3) is 10.9 Å². The lowest BCUT2D eigenvalue weighted by molar-refractivity contribution is -0.147. The number of carbonyl (C=O) groups excluding carboxylic acids is 1. The summed E-state index contributed by atoms with van der Waals surface area (Å²) in [4.78, 5) is 13.6. The van der Waals surface area contributed by atoms with E-state index in [1.165, 1.54) is 17.1 Å². The molecule has 35 heavy (non-hydrogen) atoms.